The van der Waals surface area contributed by atoms with Crippen LogP contribution >= 0.6 is 12.2 Å². The Morgan fingerprint density at radius 1 is 1.26 bits per heavy atom. The van der Waals surface area contributed by atoms with Crippen LogP contribution in [0.3, 0.4) is 0 Å². The number of nitrogens with two attached hydrogens (primary N) is 1. The Hall–Kier alpha value is -1.83. The third-order valence-electron chi connectivity index (χ3n) is 3.66. The zero-order chi connectivity index (χ0) is 17.4. The number of aromatic nitrogens is 2. The van der Waals surface area contributed by atoms with Gasteiger partial charge in [-0.3, -0.25) is 14.3 Å². The lowest BCUT2D eigenvalue weighted by Gasteiger charge is -2.26. The van der Waals surface area contributed by atoms with Crippen molar-refractivity contribution in [3.05, 3.63) is 20.8 Å². The Kier molecular flexibility index (Phi) is 7.80. The number of nitrogen functional groups attached to an aromatic ring is 1. The van der Waals surface area contributed by atoms with E-state index in [0.717, 1.165) is 32.1 Å². The number of H-pyrrole nitrogens is 1. The van der Waals surface area contributed by atoms with Crippen LogP contribution in [0.2, 0.25) is 0 Å². The van der Waals surface area contributed by atoms with Crippen LogP contribution in [0, 0.1) is 0 Å². The summed E-state index contributed by atoms with van der Waals surface area (Å²) in [5.74, 6) is 0.168. The van der Waals surface area contributed by atoms with Gasteiger partial charge in [0.25, 0.3) is 5.56 Å². The summed E-state index contributed by atoms with van der Waals surface area (Å²) in [5.41, 5.74) is 5.40. The summed E-state index contributed by atoms with van der Waals surface area (Å²) < 4.78 is 1.41. The molecule has 0 atom stereocenters. The van der Waals surface area contributed by atoms with Crippen LogP contribution in [0.25, 0.3) is 0 Å². The lowest BCUT2D eigenvalue weighted by Crippen LogP contribution is -2.44. The molecule has 4 N–H and O–H groups in total. The van der Waals surface area contributed by atoms with Crippen molar-refractivity contribution in [3.8, 4) is 0 Å². The van der Waals surface area contributed by atoms with Crippen LogP contribution in [0.4, 0.5) is 11.5 Å². The van der Waals surface area contributed by atoms with Gasteiger partial charge in [0, 0.05) is 20.1 Å². The summed E-state index contributed by atoms with van der Waals surface area (Å²) in [6.07, 6.45) is 4.70. The van der Waals surface area contributed by atoms with Gasteiger partial charge in [-0.2, -0.15) is 0 Å². The van der Waals surface area contributed by atoms with Gasteiger partial charge in [0.2, 0.25) is 0 Å². The topological polar surface area (TPSA) is 96.2 Å². The smallest absolute Gasteiger partial charge is 0.330 e. The second kappa shape index (κ2) is 9.34. The molecule has 0 saturated carbocycles. The van der Waals surface area contributed by atoms with Crippen LogP contribution in [0.5, 0.6) is 0 Å². The Morgan fingerprint density at radius 3 is 2.48 bits per heavy atom. The third-order valence-corrected chi connectivity index (χ3v) is 4.09. The molecule has 0 aliphatic carbocycles. The number of unbranched alkanes of at least 4 members (excludes halogenated alkanes) is 3. The first-order chi connectivity index (χ1) is 11.0. The standard InChI is InChI=1S/C15H27N5O2S/c1-4-6-8-10-19(15(23)17-3)11-12(16)20(9-7-5-2)14(22)18-13(11)21/h4-10,16H2,1-3H3,(H,17,23)(H,18,21,22). The molecule has 1 aromatic rings. The lowest BCUT2D eigenvalue weighted by atomic mass is 10.2. The van der Waals surface area contributed by atoms with Gasteiger partial charge in [-0.05, 0) is 25.1 Å². The zero-order valence-electron chi connectivity index (χ0n) is 14.1. The van der Waals surface area contributed by atoms with E-state index in [4.69, 9.17) is 18.0 Å². The van der Waals surface area contributed by atoms with Gasteiger partial charge in [-0.15, -0.1) is 0 Å². The minimum Gasteiger partial charge on any atom is -0.383 e. The monoisotopic (exact) mass is 341 g/mol. The van der Waals surface area contributed by atoms with E-state index in [1.807, 2.05) is 6.92 Å². The Labute approximate surface area is 141 Å². The van der Waals surface area contributed by atoms with E-state index in [1.54, 1.807) is 11.9 Å². The highest BCUT2D eigenvalue weighted by Gasteiger charge is 2.21. The molecule has 0 aliphatic heterocycles. The summed E-state index contributed by atoms with van der Waals surface area (Å²) in [6, 6.07) is 0. The minimum atomic E-state index is -0.505. The van der Waals surface area contributed by atoms with Crippen molar-refractivity contribution in [1.29, 1.82) is 0 Å². The maximum atomic E-state index is 12.3. The molecule has 0 bridgehead atoms. The second-order valence-electron chi connectivity index (χ2n) is 5.41. The van der Waals surface area contributed by atoms with E-state index >= 15 is 0 Å². The van der Waals surface area contributed by atoms with Crippen molar-refractivity contribution in [2.75, 3.05) is 24.2 Å². The highest BCUT2D eigenvalue weighted by molar-refractivity contribution is 7.80. The molecule has 7 nitrogen and oxygen atoms in total. The molecule has 0 saturated heterocycles. The Balaban J connectivity index is 3.31. The normalized spacial score (nSPS) is 10.6. The number of hydrogen-bond donors (Lipinski definition) is 3. The van der Waals surface area contributed by atoms with Crippen molar-refractivity contribution in [2.45, 2.75) is 52.5 Å². The summed E-state index contributed by atoms with van der Waals surface area (Å²) in [4.78, 5) is 28.3. The molecule has 0 aliphatic rings. The molecular weight excluding hydrogens is 314 g/mol. The van der Waals surface area contributed by atoms with E-state index in [9.17, 15) is 9.59 Å². The predicted molar refractivity (Wildman–Crippen MR) is 99.2 cm³/mol. The van der Waals surface area contributed by atoms with Crippen molar-refractivity contribution < 1.29 is 0 Å². The van der Waals surface area contributed by atoms with Gasteiger partial charge in [-0.25, -0.2) is 4.79 Å². The quantitative estimate of drug-likeness (QED) is 0.489. The van der Waals surface area contributed by atoms with Gasteiger partial charge >= 0.3 is 5.69 Å². The fourth-order valence-corrected chi connectivity index (χ4v) is 2.53. The molecule has 23 heavy (non-hydrogen) atoms. The maximum Gasteiger partial charge on any atom is 0.330 e. The minimum absolute atomic E-state index is 0.168. The van der Waals surface area contributed by atoms with Crippen molar-refractivity contribution in [3.63, 3.8) is 0 Å². The Bertz CT molecular complexity index is 638. The molecule has 0 fully saturated rings. The molecule has 0 spiro atoms. The number of thiocarbonyl (C=S) groups is 1. The van der Waals surface area contributed by atoms with E-state index in [2.05, 4.69) is 17.2 Å². The second-order valence-corrected chi connectivity index (χ2v) is 5.80. The van der Waals surface area contributed by atoms with Crippen molar-refractivity contribution >= 4 is 28.8 Å². The number of nitrogens with zero attached hydrogens (tertiary/aromatic N) is 2. The van der Waals surface area contributed by atoms with Gasteiger partial charge in [0.15, 0.2) is 10.8 Å². The molecule has 130 valence electrons. The first-order valence-corrected chi connectivity index (χ1v) is 8.50. The van der Waals surface area contributed by atoms with Crippen LogP contribution in [-0.2, 0) is 6.54 Å². The largest absolute Gasteiger partial charge is 0.383 e. The molecule has 0 amide bonds. The van der Waals surface area contributed by atoms with Gasteiger partial charge in [0.05, 0.1) is 0 Å². The Morgan fingerprint density at radius 2 is 1.91 bits per heavy atom. The van der Waals surface area contributed by atoms with Crippen LogP contribution in [-0.4, -0.2) is 28.3 Å². The summed E-state index contributed by atoms with van der Waals surface area (Å²) in [6.45, 7) is 5.18. The molecular formula is C15H27N5O2S. The number of hydrogen-bond acceptors (Lipinski definition) is 4. The van der Waals surface area contributed by atoms with E-state index in [1.165, 1.54) is 4.57 Å². The SMILES string of the molecule is CCCCCN(C(=S)NC)c1c(N)n(CCCC)c(=O)[nH]c1=O. The van der Waals surface area contributed by atoms with E-state index < -0.39 is 11.2 Å². The fraction of sp³-hybridized carbons (Fsp3) is 0.667. The summed E-state index contributed by atoms with van der Waals surface area (Å²) in [5, 5.41) is 3.30. The number of nitrogens with one attached hydrogen (secondary N) is 2. The number of rotatable bonds is 8. The molecule has 1 aromatic heterocycles. The van der Waals surface area contributed by atoms with Crippen LogP contribution in [0.15, 0.2) is 9.59 Å². The van der Waals surface area contributed by atoms with Gasteiger partial charge in [-0.1, -0.05) is 33.1 Å². The highest BCUT2D eigenvalue weighted by atomic mass is 32.1. The van der Waals surface area contributed by atoms with Gasteiger partial charge < -0.3 is 16.0 Å². The fourth-order valence-electron chi connectivity index (χ4n) is 2.35. The average molecular weight is 341 g/mol. The van der Waals surface area contributed by atoms with Crippen LogP contribution < -0.4 is 27.2 Å². The van der Waals surface area contributed by atoms with Gasteiger partial charge in [0.1, 0.15) is 5.82 Å². The van der Waals surface area contributed by atoms with Crippen molar-refractivity contribution in [1.82, 2.24) is 14.9 Å². The lowest BCUT2D eigenvalue weighted by molar-refractivity contribution is 0.603. The van der Waals surface area contributed by atoms with E-state index in [0.29, 0.717) is 18.2 Å². The molecule has 0 aromatic carbocycles. The van der Waals surface area contributed by atoms with E-state index in [-0.39, 0.29) is 11.5 Å². The first-order valence-electron chi connectivity index (χ1n) is 8.09. The first kappa shape index (κ1) is 19.2. The number of anilines is 2. The van der Waals surface area contributed by atoms with Crippen molar-refractivity contribution in [2.24, 2.45) is 0 Å². The highest BCUT2D eigenvalue weighted by Crippen LogP contribution is 2.18. The average Bonchev–Trinajstić information content (AvgIpc) is 2.52. The number of aromatic amines is 1. The molecule has 0 radical (unpaired) electrons. The predicted octanol–water partition coefficient (Wildman–Crippen LogP) is 1.42. The van der Waals surface area contributed by atoms with Crippen LogP contribution in [0.1, 0.15) is 46.0 Å². The molecule has 1 rings (SSSR count). The summed E-state index contributed by atoms with van der Waals surface area (Å²) >= 11 is 5.31. The third kappa shape index (κ3) is 4.82. The molecule has 8 heteroatoms. The molecule has 0 unspecified atom stereocenters. The maximum absolute atomic E-state index is 12.3. The summed E-state index contributed by atoms with van der Waals surface area (Å²) in [7, 11) is 1.70. The molecule has 1 heterocycles. The zero-order valence-corrected chi connectivity index (χ0v) is 15.0.